The standard InChI is InChI=1S/C13H16N2O/c1-10(16)8-14-9-12-5-2-4-11-6-3-7-15-13(11)12/h2-7,10,14,16H,8-9H2,1H3/t10-/m0/s1. The molecule has 84 valence electrons. The summed E-state index contributed by atoms with van der Waals surface area (Å²) in [5.41, 5.74) is 2.20. The molecule has 0 unspecified atom stereocenters. The molecule has 0 aliphatic rings. The average molecular weight is 216 g/mol. The van der Waals surface area contributed by atoms with Crippen molar-refractivity contribution in [3.8, 4) is 0 Å². The molecule has 2 rings (SSSR count). The Balaban J connectivity index is 2.17. The maximum atomic E-state index is 9.17. The third-order valence-corrected chi connectivity index (χ3v) is 2.47. The van der Waals surface area contributed by atoms with Crippen LogP contribution in [-0.4, -0.2) is 22.7 Å². The first-order chi connectivity index (χ1) is 7.77. The summed E-state index contributed by atoms with van der Waals surface area (Å²) >= 11 is 0. The molecule has 1 heterocycles. The van der Waals surface area contributed by atoms with E-state index in [9.17, 15) is 0 Å². The van der Waals surface area contributed by atoms with Crippen LogP contribution in [0, 0.1) is 0 Å². The van der Waals surface area contributed by atoms with E-state index >= 15 is 0 Å². The van der Waals surface area contributed by atoms with Gasteiger partial charge in [-0.1, -0.05) is 24.3 Å². The Bertz CT molecular complexity index is 463. The first kappa shape index (κ1) is 11.0. The molecule has 2 aromatic rings. The maximum absolute atomic E-state index is 9.17. The Labute approximate surface area is 95.1 Å². The number of hydrogen-bond donors (Lipinski definition) is 2. The van der Waals surface area contributed by atoms with Gasteiger partial charge >= 0.3 is 0 Å². The number of rotatable bonds is 4. The highest BCUT2D eigenvalue weighted by Gasteiger charge is 2.01. The van der Waals surface area contributed by atoms with Crippen molar-refractivity contribution in [1.29, 1.82) is 0 Å². The van der Waals surface area contributed by atoms with Gasteiger partial charge in [-0.25, -0.2) is 0 Å². The zero-order valence-corrected chi connectivity index (χ0v) is 9.35. The number of nitrogens with one attached hydrogen (secondary N) is 1. The van der Waals surface area contributed by atoms with E-state index < -0.39 is 0 Å². The van der Waals surface area contributed by atoms with Gasteiger partial charge < -0.3 is 10.4 Å². The molecule has 1 atom stereocenters. The zero-order chi connectivity index (χ0) is 11.4. The fourth-order valence-corrected chi connectivity index (χ4v) is 1.73. The molecule has 1 aromatic carbocycles. The smallest absolute Gasteiger partial charge is 0.0746 e. The summed E-state index contributed by atoms with van der Waals surface area (Å²) < 4.78 is 0. The summed E-state index contributed by atoms with van der Waals surface area (Å²) in [7, 11) is 0. The lowest BCUT2D eigenvalue weighted by molar-refractivity contribution is 0.191. The van der Waals surface area contributed by atoms with Crippen LogP contribution in [0.2, 0.25) is 0 Å². The largest absolute Gasteiger partial charge is 0.392 e. The summed E-state index contributed by atoms with van der Waals surface area (Å²) in [5.74, 6) is 0. The molecular weight excluding hydrogens is 200 g/mol. The number of aliphatic hydroxyl groups excluding tert-OH is 1. The van der Waals surface area contributed by atoms with Crippen molar-refractivity contribution in [1.82, 2.24) is 10.3 Å². The fraction of sp³-hybridized carbons (Fsp3) is 0.308. The number of aromatic nitrogens is 1. The van der Waals surface area contributed by atoms with Crippen molar-refractivity contribution in [2.75, 3.05) is 6.54 Å². The molecule has 0 saturated carbocycles. The second-order valence-electron chi connectivity index (χ2n) is 3.97. The summed E-state index contributed by atoms with van der Waals surface area (Å²) in [6.07, 6.45) is 1.49. The lowest BCUT2D eigenvalue weighted by Gasteiger charge is -2.08. The number of hydrogen-bond acceptors (Lipinski definition) is 3. The van der Waals surface area contributed by atoms with Crippen LogP contribution >= 0.6 is 0 Å². The summed E-state index contributed by atoms with van der Waals surface area (Å²) in [6, 6.07) is 10.1. The highest BCUT2D eigenvalue weighted by Crippen LogP contribution is 2.15. The quantitative estimate of drug-likeness (QED) is 0.817. The van der Waals surface area contributed by atoms with E-state index in [0.717, 1.165) is 17.4 Å². The molecule has 0 spiro atoms. The zero-order valence-electron chi connectivity index (χ0n) is 9.35. The first-order valence-corrected chi connectivity index (χ1v) is 5.49. The fourth-order valence-electron chi connectivity index (χ4n) is 1.73. The van der Waals surface area contributed by atoms with Crippen molar-refractivity contribution < 1.29 is 5.11 Å². The topological polar surface area (TPSA) is 45.1 Å². The number of nitrogens with zero attached hydrogens (tertiary/aromatic N) is 1. The van der Waals surface area contributed by atoms with Gasteiger partial charge in [0.2, 0.25) is 0 Å². The Kier molecular flexibility index (Phi) is 3.49. The molecule has 1 aromatic heterocycles. The Morgan fingerprint density at radius 2 is 2.12 bits per heavy atom. The molecule has 0 amide bonds. The molecule has 3 heteroatoms. The van der Waals surface area contributed by atoms with E-state index in [1.165, 1.54) is 5.56 Å². The lowest BCUT2D eigenvalue weighted by atomic mass is 10.1. The van der Waals surface area contributed by atoms with Gasteiger partial charge in [-0.2, -0.15) is 0 Å². The maximum Gasteiger partial charge on any atom is 0.0746 e. The molecule has 3 nitrogen and oxygen atoms in total. The van der Waals surface area contributed by atoms with E-state index in [2.05, 4.69) is 28.5 Å². The van der Waals surface area contributed by atoms with Gasteiger partial charge in [-0.15, -0.1) is 0 Å². The van der Waals surface area contributed by atoms with Crippen LogP contribution in [0.4, 0.5) is 0 Å². The molecule has 2 N–H and O–H groups in total. The lowest BCUT2D eigenvalue weighted by Crippen LogP contribution is -2.23. The predicted molar refractivity (Wildman–Crippen MR) is 65.1 cm³/mol. The molecule has 16 heavy (non-hydrogen) atoms. The van der Waals surface area contributed by atoms with Crippen LogP contribution in [-0.2, 0) is 6.54 Å². The van der Waals surface area contributed by atoms with Crippen LogP contribution < -0.4 is 5.32 Å². The van der Waals surface area contributed by atoms with Crippen molar-refractivity contribution in [3.63, 3.8) is 0 Å². The van der Waals surface area contributed by atoms with E-state index in [0.29, 0.717) is 6.54 Å². The van der Waals surface area contributed by atoms with Crippen LogP contribution in [0.15, 0.2) is 36.5 Å². The van der Waals surface area contributed by atoms with E-state index in [4.69, 9.17) is 5.11 Å². The highest BCUT2D eigenvalue weighted by atomic mass is 16.3. The van der Waals surface area contributed by atoms with Gasteiger partial charge in [0, 0.05) is 24.7 Å². The molecule has 0 aliphatic carbocycles. The number of fused-ring (bicyclic) bond motifs is 1. The van der Waals surface area contributed by atoms with Crippen molar-refractivity contribution >= 4 is 10.9 Å². The number of pyridine rings is 1. The third kappa shape index (κ3) is 2.56. The van der Waals surface area contributed by atoms with Crippen LogP contribution in [0.25, 0.3) is 10.9 Å². The molecular formula is C13H16N2O. The molecule has 0 fully saturated rings. The molecule has 0 saturated heterocycles. The van der Waals surface area contributed by atoms with Gasteiger partial charge in [-0.3, -0.25) is 4.98 Å². The van der Waals surface area contributed by atoms with Gasteiger partial charge in [0.05, 0.1) is 11.6 Å². The van der Waals surface area contributed by atoms with E-state index in [1.807, 2.05) is 12.1 Å². The summed E-state index contributed by atoms with van der Waals surface area (Å²) in [6.45, 7) is 3.11. The predicted octanol–water partition coefficient (Wildman–Crippen LogP) is 1.71. The minimum atomic E-state index is -0.317. The second-order valence-corrected chi connectivity index (χ2v) is 3.97. The number of aliphatic hydroxyl groups is 1. The molecule has 0 aliphatic heterocycles. The van der Waals surface area contributed by atoms with Crippen molar-refractivity contribution in [2.24, 2.45) is 0 Å². The monoisotopic (exact) mass is 216 g/mol. The molecule has 0 radical (unpaired) electrons. The van der Waals surface area contributed by atoms with E-state index in [-0.39, 0.29) is 6.10 Å². The third-order valence-electron chi connectivity index (χ3n) is 2.47. The summed E-state index contributed by atoms with van der Waals surface area (Å²) in [5, 5.41) is 13.5. The minimum Gasteiger partial charge on any atom is -0.392 e. The van der Waals surface area contributed by atoms with Crippen LogP contribution in [0.5, 0.6) is 0 Å². The second kappa shape index (κ2) is 5.05. The average Bonchev–Trinajstić information content (AvgIpc) is 2.29. The first-order valence-electron chi connectivity index (χ1n) is 5.49. The molecule has 0 bridgehead atoms. The SMILES string of the molecule is C[C@H](O)CNCc1cccc2cccnc12. The number of benzene rings is 1. The number of para-hydroxylation sites is 1. The van der Waals surface area contributed by atoms with E-state index in [1.54, 1.807) is 13.1 Å². The van der Waals surface area contributed by atoms with Gasteiger partial charge in [0.25, 0.3) is 0 Å². The normalized spacial score (nSPS) is 12.9. The van der Waals surface area contributed by atoms with Gasteiger partial charge in [-0.05, 0) is 18.6 Å². The van der Waals surface area contributed by atoms with Gasteiger partial charge in [0.1, 0.15) is 0 Å². The highest BCUT2D eigenvalue weighted by molar-refractivity contribution is 5.81. The Morgan fingerprint density at radius 1 is 1.31 bits per heavy atom. The van der Waals surface area contributed by atoms with Crippen LogP contribution in [0.1, 0.15) is 12.5 Å². The minimum absolute atomic E-state index is 0.317. The van der Waals surface area contributed by atoms with Crippen LogP contribution in [0.3, 0.4) is 0 Å². The Morgan fingerprint density at radius 3 is 2.94 bits per heavy atom. The van der Waals surface area contributed by atoms with Crippen molar-refractivity contribution in [2.45, 2.75) is 19.6 Å². The Hall–Kier alpha value is -1.45. The van der Waals surface area contributed by atoms with Crippen molar-refractivity contribution in [3.05, 3.63) is 42.1 Å². The van der Waals surface area contributed by atoms with Gasteiger partial charge in [0.15, 0.2) is 0 Å². The summed E-state index contributed by atoms with van der Waals surface area (Å²) in [4.78, 5) is 4.38.